The number of rotatable bonds is 4. The van der Waals surface area contributed by atoms with E-state index in [1.165, 1.54) is 5.56 Å². The Balaban J connectivity index is 1.98. The Bertz CT molecular complexity index is 328. The minimum atomic E-state index is 0.165. The van der Waals surface area contributed by atoms with Gasteiger partial charge in [0.25, 0.3) is 0 Å². The number of hydrogen-bond donors (Lipinski definition) is 1. The molecule has 17 heavy (non-hydrogen) atoms. The van der Waals surface area contributed by atoms with E-state index < -0.39 is 0 Å². The third-order valence-electron chi connectivity index (χ3n) is 3.14. The summed E-state index contributed by atoms with van der Waals surface area (Å²) in [6.45, 7) is 5.22. The first-order valence-electron chi connectivity index (χ1n) is 6.33. The lowest BCUT2D eigenvalue weighted by Crippen LogP contribution is -2.43. The molecule has 0 radical (unpaired) electrons. The summed E-state index contributed by atoms with van der Waals surface area (Å²) < 4.78 is 5.98. The normalized spacial score (nSPS) is 26.0. The molecule has 1 N–H and O–H groups in total. The molecule has 2 atom stereocenters. The van der Waals surface area contributed by atoms with Gasteiger partial charge in [-0.3, -0.25) is 4.90 Å². The van der Waals surface area contributed by atoms with E-state index in [1.54, 1.807) is 0 Å². The van der Waals surface area contributed by atoms with Crippen molar-refractivity contribution in [2.45, 2.75) is 25.6 Å². The van der Waals surface area contributed by atoms with Crippen molar-refractivity contribution in [1.29, 1.82) is 0 Å². The summed E-state index contributed by atoms with van der Waals surface area (Å²) in [7, 11) is 0. The first-order valence-corrected chi connectivity index (χ1v) is 6.33. The maximum atomic E-state index is 8.89. The third kappa shape index (κ3) is 3.53. The molecule has 1 fully saturated rings. The summed E-state index contributed by atoms with van der Waals surface area (Å²) >= 11 is 0. The predicted molar refractivity (Wildman–Crippen MR) is 67.9 cm³/mol. The van der Waals surface area contributed by atoms with Crippen molar-refractivity contribution in [3.63, 3.8) is 0 Å². The number of morpholine rings is 1. The second kappa shape index (κ2) is 6.15. The Morgan fingerprint density at radius 2 is 2.06 bits per heavy atom. The van der Waals surface area contributed by atoms with E-state index in [0.29, 0.717) is 0 Å². The number of nitrogens with zero attached hydrogens (tertiary/aromatic N) is 1. The summed E-state index contributed by atoms with van der Waals surface area (Å²) in [6, 6.07) is 10.4. The molecular formula is C14H21NO2. The summed E-state index contributed by atoms with van der Waals surface area (Å²) in [4.78, 5) is 2.38. The smallest absolute Gasteiger partial charge is 0.0956 e. The highest BCUT2D eigenvalue weighted by Crippen LogP contribution is 2.24. The van der Waals surface area contributed by atoms with Crippen LogP contribution < -0.4 is 0 Å². The van der Waals surface area contributed by atoms with Crippen molar-refractivity contribution in [3.8, 4) is 0 Å². The van der Waals surface area contributed by atoms with E-state index in [0.717, 1.165) is 26.1 Å². The van der Waals surface area contributed by atoms with Crippen LogP contribution in [0.2, 0.25) is 0 Å². The quantitative estimate of drug-likeness (QED) is 0.864. The van der Waals surface area contributed by atoms with Gasteiger partial charge in [-0.05, 0) is 18.9 Å². The topological polar surface area (TPSA) is 32.7 Å². The van der Waals surface area contributed by atoms with Gasteiger partial charge in [0.1, 0.15) is 0 Å². The highest BCUT2D eigenvalue weighted by atomic mass is 16.5. The van der Waals surface area contributed by atoms with E-state index in [-0.39, 0.29) is 18.8 Å². The molecule has 3 heteroatoms. The summed E-state index contributed by atoms with van der Waals surface area (Å²) in [5.74, 6) is 0. The first kappa shape index (κ1) is 12.6. The Kier molecular flexibility index (Phi) is 4.54. The molecule has 1 aromatic carbocycles. The fraction of sp³-hybridized carbons (Fsp3) is 0.571. The molecule has 1 heterocycles. The Morgan fingerprint density at radius 1 is 1.29 bits per heavy atom. The molecular weight excluding hydrogens is 214 g/mol. The van der Waals surface area contributed by atoms with Crippen molar-refractivity contribution in [3.05, 3.63) is 35.9 Å². The second-order valence-corrected chi connectivity index (χ2v) is 4.68. The van der Waals surface area contributed by atoms with E-state index in [2.05, 4.69) is 36.1 Å². The Labute approximate surface area is 103 Å². The summed E-state index contributed by atoms with van der Waals surface area (Å²) in [6.07, 6.45) is 1.26. The third-order valence-corrected chi connectivity index (χ3v) is 3.14. The monoisotopic (exact) mass is 235 g/mol. The predicted octanol–water partition coefficient (Wildman–Crippen LogP) is 1.83. The van der Waals surface area contributed by atoms with Gasteiger partial charge in [-0.15, -0.1) is 0 Å². The molecule has 0 aliphatic carbocycles. The Morgan fingerprint density at radius 3 is 2.76 bits per heavy atom. The zero-order valence-corrected chi connectivity index (χ0v) is 10.4. The second-order valence-electron chi connectivity index (χ2n) is 4.68. The zero-order chi connectivity index (χ0) is 12.1. The minimum absolute atomic E-state index is 0.165. The fourth-order valence-electron chi connectivity index (χ4n) is 2.37. The molecule has 0 aromatic heterocycles. The van der Waals surface area contributed by atoms with Gasteiger partial charge in [-0.25, -0.2) is 0 Å². The van der Waals surface area contributed by atoms with Gasteiger partial charge in [-0.1, -0.05) is 30.3 Å². The van der Waals surface area contributed by atoms with Crippen LogP contribution in [0.15, 0.2) is 30.3 Å². The van der Waals surface area contributed by atoms with Gasteiger partial charge < -0.3 is 9.84 Å². The average molecular weight is 235 g/mol. The van der Waals surface area contributed by atoms with E-state index in [4.69, 9.17) is 9.84 Å². The highest BCUT2D eigenvalue weighted by molar-refractivity contribution is 5.18. The fourth-order valence-corrected chi connectivity index (χ4v) is 2.37. The maximum Gasteiger partial charge on any atom is 0.0956 e. The van der Waals surface area contributed by atoms with Gasteiger partial charge in [0, 0.05) is 26.2 Å². The molecule has 0 spiro atoms. The molecule has 0 bridgehead atoms. The van der Waals surface area contributed by atoms with Crippen LogP contribution in [0.4, 0.5) is 0 Å². The Hall–Kier alpha value is -0.900. The molecule has 2 rings (SSSR count). The van der Waals surface area contributed by atoms with Crippen LogP contribution in [0.3, 0.4) is 0 Å². The van der Waals surface area contributed by atoms with Gasteiger partial charge in [0.15, 0.2) is 0 Å². The summed E-state index contributed by atoms with van der Waals surface area (Å²) in [5.41, 5.74) is 1.24. The molecule has 0 amide bonds. The molecule has 2 unspecified atom stereocenters. The lowest BCUT2D eigenvalue weighted by Gasteiger charge is -2.37. The van der Waals surface area contributed by atoms with E-state index in [9.17, 15) is 0 Å². The van der Waals surface area contributed by atoms with Crippen LogP contribution in [-0.2, 0) is 4.74 Å². The van der Waals surface area contributed by atoms with Gasteiger partial charge in [0.2, 0.25) is 0 Å². The number of ether oxygens (including phenoxy) is 1. The van der Waals surface area contributed by atoms with E-state index >= 15 is 0 Å². The number of aliphatic hydroxyl groups excluding tert-OH is 1. The van der Waals surface area contributed by atoms with Crippen LogP contribution in [-0.4, -0.2) is 42.4 Å². The van der Waals surface area contributed by atoms with Crippen molar-refractivity contribution < 1.29 is 9.84 Å². The molecule has 0 saturated carbocycles. The summed E-state index contributed by atoms with van der Waals surface area (Å²) in [5, 5.41) is 8.89. The largest absolute Gasteiger partial charge is 0.396 e. The lowest BCUT2D eigenvalue weighted by molar-refractivity contribution is -0.0796. The molecule has 1 saturated heterocycles. The standard InChI is InChI=1S/C14H21NO2/c1-12-10-15(8-5-9-16)11-14(17-12)13-6-3-2-4-7-13/h2-4,6-7,12,14,16H,5,8-11H2,1H3. The van der Waals surface area contributed by atoms with Crippen molar-refractivity contribution >= 4 is 0 Å². The van der Waals surface area contributed by atoms with Crippen LogP contribution in [0.25, 0.3) is 0 Å². The van der Waals surface area contributed by atoms with E-state index in [1.807, 2.05) is 6.07 Å². The molecule has 94 valence electrons. The first-order chi connectivity index (χ1) is 8.29. The SMILES string of the molecule is CC1CN(CCCO)CC(c2ccccc2)O1. The molecule has 1 aliphatic heterocycles. The molecule has 1 aromatic rings. The minimum Gasteiger partial charge on any atom is -0.396 e. The van der Waals surface area contributed by atoms with Crippen molar-refractivity contribution in [2.75, 3.05) is 26.2 Å². The van der Waals surface area contributed by atoms with Crippen LogP contribution >= 0.6 is 0 Å². The van der Waals surface area contributed by atoms with Crippen LogP contribution in [0.5, 0.6) is 0 Å². The van der Waals surface area contributed by atoms with Gasteiger partial charge in [0.05, 0.1) is 12.2 Å². The average Bonchev–Trinajstić information content (AvgIpc) is 2.37. The van der Waals surface area contributed by atoms with Gasteiger partial charge in [-0.2, -0.15) is 0 Å². The zero-order valence-electron chi connectivity index (χ0n) is 10.4. The van der Waals surface area contributed by atoms with Crippen LogP contribution in [0.1, 0.15) is 25.0 Å². The number of hydrogen-bond acceptors (Lipinski definition) is 3. The highest BCUT2D eigenvalue weighted by Gasteiger charge is 2.25. The van der Waals surface area contributed by atoms with Crippen molar-refractivity contribution in [1.82, 2.24) is 4.90 Å². The van der Waals surface area contributed by atoms with Gasteiger partial charge >= 0.3 is 0 Å². The number of aliphatic hydroxyl groups is 1. The van der Waals surface area contributed by atoms with Crippen molar-refractivity contribution in [2.24, 2.45) is 0 Å². The maximum absolute atomic E-state index is 8.89. The van der Waals surface area contributed by atoms with Crippen LogP contribution in [0, 0.1) is 0 Å². The number of benzene rings is 1. The lowest BCUT2D eigenvalue weighted by atomic mass is 10.1. The molecule has 1 aliphatic rings. The molecule has 3 nitrogen and oxygen atoms in total.